The van der Waals surface area contributed by atoms with E-state index in [2.05, 4.69) is 80.2 Å². The average molecular weight is 422 g/mol. The maximum absolute atomic E-state index is 13.2. The molecule has 0 radical (unpaired) electrons. The number of ether oxygens (including phenoxy) is 1. The maximum Gasteiger partial charge on any atom is 0.410 e. The molecule has 1 aliphatic heterocycles. The number of nitrogens with zero attached hydrogens (tertiary/aromatic N) is 1. The molecule has 30 heavy (non-hydrogen) atoms. The number of amides is 1. The van der Waals surface area contributed by atoms with Gasteiger partial charge in [-0.25, -0.2) is 4.79 Å². The van der Waals surface area contributed by atoms with Gasteiger partial charge < -0.3 is 9.64 Å². The van der Waals surface area contributed by atoms with Crippen LogP contribution in [-0.2, 0) is 4.74 Å². The van der Waals surface area contributed by atoms with Crippen LogP contribution in [0.2, 0.25) is 6.04 Å². The third-order valence-electron chi connectivity index (χ3n) is 6.07. The van der Waals surface area contributed by atoms with Gasteiger partial charge in [-0.05, 0) is 45.6 Å². The first-order valence-electron chi connectivity index (χ1n) is 11.0. The van der Waals surface area contributed by atoms with E-state index in [0.29, 0.717) is 5.92 Å². The Morgan fingerprint density at radius 3 is 2.13 bits per heavy atom. The van der Waals surface area contributed by atoms with Crippen molar-refractivity contribution in [2.24, 2.45) is 5.92 Å². The van der Waals surface area contributed by atoms with Crippen molar-refractivity contribution in [3.8, 4) is 0 Å². The van der Waals surface area contributed by atoms with Crippen LogP contribution in [0.4, 0.5) is 4.79 Å². The van der Waals surface area contributed by atoms with E-state index in [4.69, 9.17) is 4.74 Å². The molecule has 4 heteroatoms. The normalized spacial score (nSPS) is 18.1. The molecule has 1 saturated heterocycles. The zero-order chi connectivity index (χ0) is 21.8. The van der Waals surface area contributed by atoms with Crippen molar-refractivity contribution in [3.63, 3.8) is 0 Å². The predicted molar refractivity (Wildman–Crippen MR) is 128 cm³/mol. The number of carbonyl (C=O) groups excluding carboxylic acids is 1. The van der Waals surface area contributed by atoms with Crippen LogP contribution in [-0.4, -0.2) is 36.9 Å². The molecule has 0 bridgehead atoms. The molecule has 2 unspecified atom stereocenters. The van der Waals surface area contributed by atoms with Crippen molar-refractivity contribution < 1.29 is 9.53 Å². The average Bonchev–Trinajstić information content (AvgIpc) is 3.22. The molecule has 3 nitrogen and oxygen atoms in total. The second kappa shape index (κ2) is 9.21. The maximum atomic E-state index is 13.2. The molecule has 3 rings (SSSR count). The second-order valence-electron chi connectivity index (χ2n) is 9.45. The van der Waals surface area contributed by atoms with E-state index in [1.807, 2.05) is 25.7 Å². The molecule has 0 N–H and O–H groups in total. The molecule has 1 aliphatic rings. The molecule has 1 heterocycles. The van der Waals surface area contributed by atoms with Crippen molar-refractivity contribution in [1.82, 2.24) is 4.90 Å². The molecular formula is C26H35NO2Si. The van der Waals surface area contributed by atoms with Crippen molar-refractivity contribution in [1.29, 1.82) is 0 Å². The summed E-state index contributed by atoms with van der Waals surface area (Å²) in [6, 6.07) is 22.8. The molecule has 1 fully saturated rings. The van der Waals surface area contributed by atoms with Gasteiger partial charge in [0, 0.05) is 12.2 Å². The SMILES string of the molecule is C=CC(C)C[Si](c1ccccc1)(c1ccccc1)C1CCCN1C(=O)OC(C)(C)C. The Balaban J connectivity index is 2.17. The Bertz CT molecular complexity index is 805. The molecule has 0 spiro atoms. The molecule has 160 valence electrons. The molecule has 2 aromatic carbocycles. The molecule has 0 aromatic heterocycles. The summed E-state index contributed by atoms with van der Waals surface area (Å²) in [5, 5.41) is 2.76. The van der Waals surface area contributed by atoms with Crippen LogP contribution in [0.3, 0.4) is 0 Å². The van der Waals surface area contributed by atoms with E-state index in [0.717, 1.165) is 25.4 Å². The zero-order valence-corrected chi connectivity index (χ0v) is 19.8. The highest BCUT2D eigenvalue weighted by molar-refractivity contribution is 7.03. The van der Waals surface area contributed by atoms with E-state index in [9.17, 15) is 4.79 Å². The van der Waals surface area contributed by atoms with Crippen molar-refractivity contribution in [2.45, 2.75) is 57.8 Å². The highest BCUT2D eigenvalue weighted by Crippen LogP contribution is 2.32. The van der Waals surface area contributed by atoms with Crippen LogP contribution in [0.5, 0.6) is 0 Å². The standard InChI is InChI=1S/C26H35NO2Si/c1-6-21(2)20-30(22-14-9-7-10-15-22,23-16-11-8-12-17-23)24-18-13-19-27(24)25(28)29-26(3,4)5/h6-12,14-17,21,24H,1,13,18-20H2,2-5H3. The van der Waals surface area contributed by atoms with Crippen LogP contribution >= 0.6 is 0 Å². The van der Waals surface area contributed by atoms with E-state index in [-0.39, 0.29) is 11.8 Å². The number of hydrogen-bond donors (Lipinski definition) is 0. The molecule has 0 aliphatic carbocycles. The summed E-state index contributed by atoms with van der Waals surface area (Å²) >= 11 is 0. The van der Waals surface area contributed by atoms with Gasteiger partial charge in [0.2, 0.25) is 0 Å². The minimum Gasteiger partial charge on any atom is -0.444 e. The minimum atomic E-state index is -2.35. The van der Waals surface area contributed by atoms with E-state index in [1.54, 1.807) is 0 Å². The smallest absolute Gasteiger partial charge is 0.410 e. The van der Waals surface area contributed by atoms with Gasteiger partial charge in [0.15, 0.2) is 0 Å². The highest BCUT2D eigenvalue weighted by Gasteiger charge is 2.51. The summed E-state index contributed by atoms with van der Waals surface area (Å²) in [6.45, 7) is 12.9. The Kier molecular flexibility index (Phi) is 6.87. The lowest BCUT2D eigenvalue weighted by Crippen LogP contribution is -2.70. The number of rotatable bonds is 6. The molecule has 2 atom stereocenters. The number of benzene rings is 2. The van der Waals surface area contributed by atoms with E-state index in [1.165, 1.54) is 10.4 Å². The lowest BCUT2D eigenvalue weighted by molar-refractivity contribution is 0.0268. The lowest BCUT2D eigenvalue weighted by atomic mass is 10.2. The number of allylic oxidation sites excluding steroid dienone is 1. The summed E-state index contributed by atoms with van der Waals surface area (Å²) in [6.07, 6.45) is 3.90. The van der Waals surface area contributed by atoms with Crippen molar-refractivity contribution in [2.75, 3.05) is 6.54 Å². The summed E-state index contributed by atoms with van der Waals surface area (Å²) in [5.41, 5.74) is -0.331. The van der Waals surface area contributed by atoms with E-state index >= 15 is 0 Å². The van der Waals surface area contributed by atoms with Crippen LogP contribution in [0.1, 0.15) is 40.5 Å². The largest absolute Gasteiger partial charge is 0.444 e. The van der Waals surface area contributed by atoms with Crippen LogP contribution < -0.4 is 10.4 Å². The second-order valence-corrected chi connectivity index (χ2v) is 13.6. The zero-order valence-electron chi connectivity index (χ0n) is 18.8. The Morgan fingerprint density at radius 2 is 1.67 bits per heavy atom. The van der Waals surface area contributed by atoms with Crippen LogP contribution in [0, 0.1) is 5.92 Å². The van der Waals surface area contributed by atoms with Gasteiger partial charge in [0.1, 0.15) is 13.7 Å². The Morgan fingerprint density at radius 1 is 1.13 bits per heavy atom. The number of hydrogen-bond acceptors (Lipinski definition) is 2. The van der Waals surface area contributed by atoms with Crippen LogP contribution in [0.15, 0.2) is 73.3 Å². The van der Waals surface area contributed by atoms with Gasteiger partial charge in [-0.1, -0.05) is 84.0 Å². The first-order chi connectivity index (χ1) is 14.3. The molecule has 1 amide bonds. The van der Waals surface area contributed by atoms with E-state index < -0.39 is 13.7 Å². The third-order valence-corrected chi connectivity index (χ3v) is 11.8. The third kappa shape index (κ3) is 4.70. The topological polar surface area (TPSA) is 29.5 Å². The molecular weight excluding hydrogens is 386 g/mol. The summed E-state index contributed by atoms with van der Waals surface area (Å²) in [5.74, 6) is 0.359. The predicted octanol–water partition coefficient (Wildman–Crippen LogP) is 5.01. The summed E-state index contributed by atoms with van der Waals surface area (Å²) < 4.78 is 5.84. The summed E-state index contributed by atoms with van der Waals surface area (Å²) in [4.78, 5) is 15.3. The fourth-order valence-electron chi connectivity index (χ4n) is 4.80. The molecule has 0 saturated carbocycles. The quantitative estimate of drug-likeness (QED) is 0.485. The Hall–Kier alpha value is -2.33. The van der Waals surface area contributed by atoms with Gasteiger partial charge in [0.25, 0.3) is 0 Å². The minimum absolute atomic E-state index is 0.166. The Labute approximate surface area is 182 Å². The fourth-order valence-corrected chi connectivity index (χ4v) is 10.9. The highest BCUT2D eigenvalue weighted by atomic mass is 28.3. The van der Waals surface area contributed by atoms with Crippen molar-refractivity contribution in [3.05, 3.63) is 73.3 Å². The van der Waals surface area contributed by atoms with Gasteiger partial charge in [-0.15, -0.1) is 6.58 Å². The number of likely N-dealkylation sites (tertiary alicyclic amines) is 1. The van der Waals surface area contributed by atoms with Crippen LogP contribution in [0.25, 0.3) is 0 Å². The summed E-state index contributed by atoms with van der Waals surface area (Å²) in [7, 11) is -2.35. The fraction of sp³-hybridized carbons (Fsp3) is 0.423. The first-order valence-corrected chi connectivity index (χ1v) is 13.3. The van der Waals surface area contributed by atoms with Gasteiger partial charge in [0.05, 0.1) is 0 Å². The molecule has 2 aromatic rings. The van der Waals surface area contributed by atoms with Gasteiger partial charge in [-0.3, -0.25) is 0 Å². The monoisotopic (exact) mass is 421 g/mol. The first kappa shape index (κ1) is 22.4. The number of carbonyl (C=O) groups is 1. The van der Waals surface area contributed by atoms with Gasteiger partial charge >= 0.3 is 6.09 Å². The van der Waals surface area contributed by atoms with Gasteiger partial charge in [-0.2, -0.15) is 0 Å². The van der Waals surface area contributed by atoms with Crippen molar-refractivity contribution >= 4 is 24.5 Å². The lowest BCUT2D eigenvalue weighted by Gasteiger charge is -2.43.